The summed E-state index contributed by atoms with van der Waals surface area (Å²) in [6.45, 7) is 0. The maximum atomic E-state index is 6.78. The van der Waals surface area contributed by atoms with Gasteiger partial charge in [0.15, 0.2) is 0 Å². The molecule has 5 heteroatoms. The van der Waals surface area contributed by atoms with Crippen LogP contribution >= 0.6 is 0 Å². The highest BCUT2D eigenvalue weighted by molar-refractivity contribution is 5.98. The Balaban J connectivity index is 1.46. The minimum absolute atomic E-state index is 0.779. The quantitative estimate of drug-likeness (QED) is 0.191. The van der Waals surface area contributed by atoms with Gasteiger partial charge in [0, 0.05) is 22.2 Å². The molecule has 1 aliphatic rings. The third-order valence-corrected chi connectivity index (χ3v) is 8.61. The SMILES string of the molecule is C1=Cc2nc1c(-c1ccccc1)c1ccc([nH]1)c1ccc([nH]1)c(-c1ccccc1)c1ccc(o1)c(-c1ccccc1)c1ccc2[nH]1. The largest absolute Gasteiger partial charge is 0.456 e. The van der Waals surface area contributed by atoms with Crippen molar-refractivity contribution in [2.75, 3.05) is 0 Å². The molecule has 10 bridgehead atoms. The van der Waals surface area contributed by atoms with Gasteiger partial charge in [0.05, 0.1) is 39.0 Å². The van der Waals surface area contributed by atoms with E-state index in [9.17, 15) is 0 Å². The summed E-state index contributed by atoms with van der Waals surface area (Å²) in [5.41, 5.74) is 15.4. The van der Waals surface area contributed by atoms with E-state index in [2.05, 4.69) is 148 Å². The molecule has 5 nitrogen and oxygen atoms in total. The van der Waals surface area contributed by atoms with Gasteiger partial charge in [-0.15, -0.1) is 0 Å². The highest BCUT2D eigenvalue weighted by atomic mass is 16.3. The molecule has 0 unspecified atom stereocenters. The number of benzene rings is 3. The number of hydrogen-bond acceptors (Lipinski definition) is 2. The van der Waals surface area contributed by atoms with Crippen LogP contribution in [0.1, 0.15) is 11.4 Å². The summed E-state index contributed by atoms with van der Waals surface area (Å²) in [6.07, 6.45) is 4.18. The van der Waals surface area contributed by atoms with E-state index < -0.39 is 0 Å². The summed E-state index contributed by atoms with van der Waals surface area (Å²) < 4.78 is 6.78. The van der Waals surface area contributed by atoms with E-state index in [-0.39, 0.29) is 0 Å². The van der Waals surface area contributed by atoms with Crippen LogP contribution in [0.15, 0.2) is 144 Å². The van der Waals surface area contributed by atoms with E-state index in [1.807, 2.05) is 18.2 Å². The minimum Gasteiger partial charge on any atom is -0.456 e. The third-order valence-electron chi connectivity index (χ3n) is 8.61. The van der Waals surface area contributed by atoms with E-state index in [0.717, 1.165) is 89.0 Å². The fourth-order valence-electron chi connectivity index (χ4n) is 6.46. The molecular formula is C41H28N4O. The summed E-state index contributed by atoms with van der Waals surface area (Å²) in [4.78, 5) is 16.2. The number of aromatic amines is 3. The normalized spacial score (nSPS) is 11.8. The Bertz CT molecular complexity index is 2570. The fourth-order valence-corrected chi connectivity index (χ4v) is 6.46. The zero-order valence-corrected chi connectivity index (χ0v) is 24.8. The molecule has 8 aromatic rings. The summed E-state index contributed by atoms with van der Waals surface area (Å²) in [5, 5.41) is 0. The molecule has 0 fully saturated rings. The van der Waals surface area contributed by atoms with Crippen molar-refractivity contribution >= 4 is 56.4 Å². The molecule has 9 rings (SSSR count). The Labute approximate surface area is 264 Å². The first-order valence-corrected chi connectivity index (χ1v) is 15.4. The molecule has 0 saturated heterocycles. The van der Waals surface area contributed by atoms with E-state index in [1.54, 1.807) is 0 Å². The molecule has 218 valence electrons. The number of furan rings is 1. The van der Waals surface area contributed by atoms with Gasteiger partial charge in [-0.1, -0.05) is 91.0 Å². The zero-order valence-electron chi connectivity index (χ0n) is 24.8. The smallest absolute Gasteiger partial charge is 0.137 e. The fraction of sp³-hybridized carbons (Fsp3) is 0. The molecule has 0 amide bonds. The lowest BCUT2D eigenvalue weighted by molar-refractivity contribution is 0.668. The first-order valence-electron chi connectivity index (χ1n) is 15.4. The Morgan fingerprint density at radius 2 is 0.739 bits per heavy atom. The van der Waals surface area contributed by atoms with Crippen molar-refractivity contribution in [2.24, 2.45) is 0 Å². The Morgan fingerprint density at radius 3 is 1.26 bits per heavy atom. The van der Waals surface area contributed by atoms with Crippen LogP contribution in [0.25, 0.3) is 89.8 Å². The van der Waals surface area contributed by atoms with Gasteiger partial charge < -0.3 is 19.4 Å². The average molecular weight is 593 g/mol. The number of rotatable bonds is 3. The third kappa shape index (κ3) is 4.45. The van der Waals surface area contributed by atoms with Crippen molar-refractivity contribution in [3.63, 3.8) is 0 Å². The Kier molecular flexibility index (Phi) is 6.06. The highest BCUT2D eigenvalue weighted by Gasteiger charge is 2.15. The van der Waals surface area contributed by atoms with Gasteiger partial charge in [-0.3, -0.25) is 0 Å². The number of aromatic nitrogens is 4. The monoisotopic (exact) mass is 592 g/mol. The van der Waals surface area contributed by atoms with Gasteiger partial charge in [0.1, 0.15) is 11.2 Å². The number of fused-ring (bicyclic) bond motifs is 12. The van der Waals surface area contributed by atoms with E-state index in [4.69, 9.17) is 9.40 Å². The lowest BCUT2D eigenvalue weighted by Gasteiger charge is -2.03. The molecule has 0 saturated carbocycles. The van der Waals surface area contributed by atoms with Gasteiger partial charge in [0.25, 0.3) is 0 Å². The Morgan fingerprint density at radius 1 is 0.348 bits per heavy atom. The van der Waals surface area contributed by atoms with Gasteiger partial charge in [0.2, 0.25) is 0 Å². The minimum atomic E-state index is 0.779. The van der Waals surface area contributed by atoms with E-state index in [1.165, 1.54) is 0 Å². The Hall–Kier alpha value is -6.33. The summed E-state index contributed by atoms with van der Waals surface area (Å²) in [6, 6.07) is 48.1. The zero-order chi connectivity index (χ0) is 30.5. The topological polar surface area (TPSA) is 73.4 Å². The molecule has 0 spiro atoms. The molecule has 0 aliphatic carbocycles. The number of H-pyrrole nitrogens is 3. The van der Waals surface area contributed by atoms with E-state index in [0.29, 0.717) is 0 Å². The number of nitrogens with zero attached hydrogens (tertiary/aromatic N) is 1. The average Bonchev–Trinajstić information content (AvgIpc) is 3.94. The molecule has 5 aromatic heterocycles. The van der Waals surface area contributed by atoms with Crippen LogP contribution in [0.5, 0.6) is 0 Å². The summed E-state index contributed by atoms with van der Waals surface area (Å²) in [7, 11) is 0. The molecule has 46 heavy (non-hydrogen) atoms. The predicted octanol–water partition coefficient (Wildman–Crippen LogP) is 11.0. The standard InChI is InChI=1S/C41H28N4O/c1-4-10-26(11-5-1)39-33-20-16-29(42-33)31-18-22-35(44-31)40(27-12-6-2-7-13-27)37-24-25-38(46-37)41(28-14-8-3-9-15-28)36-23-19-32(45-36)30-17-21-34(39)43-30/h1-25,42,44-45H. The number of nitrogens with one attached hydrogen (secondary N) is 3. The van der Waals surface area contributed by atoms with Crippen molar-refractivity contribution < 1.29 is 4.42 Å². The van der Waals surface area contributed by atoms with E-state index >= 15 is 0 Å². The molecule has 3 N–H and O–H groups in total. The second-order valence-electron chi connectivity index (χ2n) is 11.5. The highest BCUT2D eigenvalue weighted by Crippen LogP contribution is 2.36. The van der Waals surface area contributed by atoms with Crippen molar-refractivity contribution in [3.05, 3.63) is 151 Å². The molecule has 0 radical (unpaired) electrons. The van der Waals surface area contributed by atoms with Gasteiger partial charge in [-0.05, 0) is 77.4 Å². The van der Waals surface area contributed by atoms with Crippen molar-refractivity contribution in [3.8, 4) is 33.4 Å². The van der Waals surface area contributed by atoms with Crippen LogP contribution in [0.3, 0.4) is 0 Å². The van der Waals surface area contributed by atoms with Crippen LogP contribution in [0, 0.1) is 0 Å². The lowest BCUT2D eigenvalue weighted by atomic mass is 10.0. The molecular weight excluding hydrogens is 564 g/mol. The number of hydrogen-bond donors (Lipinski definition) is 3. The summed E-state index contributed by atoms with van der Waals surface area (Å²) >= 11 is 0. The van der Waals surface area contributed by atoms with Crippen LogP contribution in [0.2, 0.25) is 0 Å². The lowest BCUT2D eigenvalue weighted by Crippen LogP contribution is -1.85. The van der Waals surface area contributed by atoms with Crippen LogP contribution < -0.4 is 0 Å². The second-order valence-corrected chi connectivity index (χ2v) is 11.5. The molecule has 6 heterocycles. The van der Waals surface area contributed by atoms with Crippen LogP contribution in [0.4, 0.5) is 0 Å². The van der Waals surface area contributed by atoms with Crippen LogP contribution in [-0.4, -0.2) is 19.9 Å². The first kappa shape index (κ1) is 26.1. The maximum absolute atomic E-state index is 6.78. The van der Waals surface area contributed by atoms with Crippen molar-refractivity contribution in [1.29, 1.82) is 0 Å². The van der Waals surface area contributed by atoms with Crippen LogP contribution in [-0.2, 0) is 0 Å². The first-order chi connectivity index (χ1) is 22.8. The van der Waals surface area contributed by atoms with Gasteiger partial charge in [-0.2, -0.15) is 0 Å². The molecule has 1 aliphatic heterocycles. The predicted molar refractivity (Wildman–Crippen MR) is 190 cm³/mol. The maximum Gasteiger partial charge on any atom is 0.137 e. The van der Waals surface area contributed by atoms with Crippen molar-refractivity contribution in [1.82, 2.24) is 19.9 Å². The second kappa shape index (κ2) is 10.7. The van der Waals surface area contributed by atoms with Gasteiger partial charge in [-0.25, -0.2) is 4.98 Å². The van der Waals surface area contributed by atoms with Gasteiger partial charge >= 0.3 is 0 Å². The molecule has 3 aromatic carbocycles. The molecule has 0 atom stereocenters. The van der Waals surface area contributed by atoms with Crippen molar-refractivity contribution in [2.45, 2.75) is 0 Å². The summed E-state index contributed by atoms with van der Waals surface area (Å²) in [5.74, 6) is 0.